The molecular formula is C19H17N3O4S. The highest BCUT2D eigenvalue weighted by Gasteiger charge is 2.16. The molecule has 0 radical (unpaired) electrons. The lowest BCUT2D eigenvalue weighted by Crippen LogP contribution is -2.29. The molecule has 0 spiro atoms. The van der Waals surface area contributed by atoms with Crippen LogP contribution in [0.15, 0.2) is 83.9 Å². The lowest BCUT2D eigenvalue weighted by molar-refractivity contribution is 0.207. The maximum atomic E-state index is 12.3. The molecule has 0 aliphatic heterocycles. The Hall–Kier alpha value is -3.39. The summed E-state index contributed by atoms with van der Waals surface area (Å²) in [5.74, 6) is 0.0606. The molecule has 0 unspecified atom stereocenters. The lowest BCUT2D eigenvalue weighted by atomic mass is 10.3. The molecule has 0 aliphatic carbocycles. The van der Waals surface area contributed by atoms with Crippen LogP contribution in [0, 0.1) is 0 Å². The third-order valence-corrected chi connectivity index (χ3v) is 5.05. The number of nitrogens with one attached hydrogen (secondary N) is 1. The average Bonchev–Trinajstić information content (AvgIpc) is 2.70. The van der Waals surface area contributed by atoms with E-state index in [1.807, 2.05) is 18.2 Å². The maximum Gasteiger partial charge on any atom is 0.420 e. The minimum Gasteiger partial charge on any atom is -0.391 e. The topological polar surface area (TPSA) is 88.6 Å². The van der Waals surface area contributed by atoms with E-state index in [-0.39, 0.29) is 16.5 Å². The number of pyridine rings is 1. The van der Waals surface area contributed by atoms with Gasteiger partial charge in [0.05, 0.1) is 16.8 Å². The van der Waals surface area contributed by atoms with Crippen LogP contribution in [0.25, 0.3) is 0 Å². The van der Waals surface area contributed by atoms with E-state index >= 15 is 0 Å². The summed E-state index contributed by atoms with van der Waals surface area (Å²) in [5.41, 5.74) is 0.935. The van der Waals surface area contributed by atoms with E-state index in [1.54, 1.807) is 37.4 Å². The van der Waals surface area contributed by atoms with Gasteiger partial charge in [-0.3, -0.25) is 9.62 Å². The fraction of sp³-hybridized carbons (Fsp3) is 0.0526. The van der Waals surface area contributed by atoms with E-state index in [0.29, 0.717) is 5.69 Å². The smallest absolute Gasteiger partial charge is 0.391 e. The molecule has 1 N–H and O–H groups in total. The number of benzene rings is 2. The summed E-state index contributed by atoms with van der Waals surface area (Å²) in [6, 6.07) is 19.9. The Morgan fingerprint density at radius 3 is 2.19 bits per heavy atom. The van der Waals surface area contributed by atoms with Crippen molar-refractivity contribution in [3.8, 4) is 5.88 Å². The van der Waals surface area contributed by atoms with Crippen molar-refractivity contribution in [1.82, 2.24) is 4.98 Å². The molecule has 3 aromatic rings. The largest absolute Gasteiger partial charge is 0.420 e. The van der Waals surface area contributed by atoms with Gasteiger partial charge >= 0.3 is 6.09 Å². The number of anilines is 2. The highest BCUT2D eigenvalue weighted by molar-refractivity contribution is 7.92. The molecule has 0 bridgehead atoms. The van der Waals surface area contributed by atoms with Crippen molar-refractivity contribution in [3.63, 3.8) is 0 Å². The van der Waals surface area contributed by atoms with Gasteiger partial charge in [-0.1, -0.05) is 36.4 Å². The van der Waals surface area contributed by atoms with Crippen molar-refractivity contribution in [3.05, 3.63) is 79.0 Å². The van der Waals surface area contributed by atoms with Gasteiger partial charge in [0.1, 0.15) is 0 Å². The van der Waals surface area contributed by atoms with Crippen LogP contribution in [0.1, 0.15) is 0 Å². The Bertz CT molecular complexity index is 1010. The van der Waals surface area contributed by atoms with E-state index in [0.717, 1.165) is 0 Å². The first-order chi connectivity index (χ1) is 13.0. The third-order valence-electron chi connectivity index (χ3n) is 3.65. The highest BCUT2D eigenvalue weighted by Crippen LogP contribution is 2.18. The van der Waals surface area contributed by atoms with E-state index < -0.39 is 16.1 Å². The molecule has 7 nitrogen and oxygen atoms in total. The van der Waals surface area contributed by atoms with Crippen molar-refractivity contribution < 1.29 is 17.9 Å². The van der Waals surface area contributed by atoms with Crippen LogP contribution in [0.4, 0.5) is 16.2 Å². The van der Waals surface area contributed by atoms with Gasteiger partial charge in [0, 0.05) is 18.8 Å². The Balaban J connectivity index is 1.66. The molecule has 1 amide bonds. The van der Waals surface area contributed by atoms with Crippen LogP contribution < -0.4 is 14.4 Å². The monoisotopic (exact) mass is 383 g/mol. The second-order valence-corrected chi connectivity index (χ2v) is 7.25. The minimum atomic E-state index is -3.70. The summed E-state index contributed by atoms with van der Waals surface area (Å²) >= 11 is 0. The van der Waals surface area contributed by atoms with Gasteiger partial charge in [-0.2, -0.15) is 0 Å². The molecule has 8 heteroatoms. The van der Waals surface area contributed by atoms with Crippen LogP contribution in [-0.4, -0.2) is 26.5 Å². The second kappa shape index (κ2) is 7.88. The first kappa shape index (κ1) is 18.4. The molecule has 27 heavy (non-hydrogen) atoms. The second-order valence-electron chi connectivity index (χ2n) is 5.57. The zero-order valence-electron chi connectivity index (χ0n) is 14.4. The van der Waals surface area contributed by atoms with Crippen LogP contribution >= 0.6 is 0 Å². The number of nitrogens with zero attached hydrogens (tertiary/aromatic N) is 2. The molecule has 0 atom stereocenters. The number of sulfonamides is 1. The number of hydrogen-bond acceptors (Lipinski definition) is 5. The minimum absolute atomic E-state index is 0.0606. The fourth-order valence-corrected chi connectivity index (χ4v) is 3.29. The van der Waals surface area contributed by atoms with E-state index in [4.69, 9.17) is 4.74 Å². The molecule has 0 saturated heterocycles. The van der Waals surface area contributed by atoms with E-state index in [1.165, 1.54) is 35.4 Å². The Morgan fingerprint density at radius 1 is 0.963 bits per heavy atom. The Kier molecular flexibility index (Phi) is 5.37. The van der Waals surface area contributed by atoms with Gasteiger partial charge in [0.15, 0.2) is 0 Å². The van der Waals surface area contributed by atoms with Crippen molar-refractivity contribution >= 4 is 27.5 Å². The van der Waals surface area contributed by atoms with Crippen molar-refractivity contribution in [2.24, 2.45) is 0 Å². The molecule has 1 heterocycles. The molecule has 3 rings (SSSR count). The zero-order chi connectivity index (χ0) is 19.3. The summed E-state index contributed by atoms with van der Waals surface area (Å²) in [5, 5.41) is 0. The molecule has 0 saturated carbocycles. The Labute approximate surface area is 157 Å². The van der Waals surface area contributed by atoms with Crippen LogP contribution in [0.5, 0.6) is 5.88 Å². The number of hydrogen-bond donors (Lipinski definition) is 1. The number of ether oxygens (including phenoxy) is 1. The lowest BCUT2D eigenvalue weighted by Gasteiger charge is -2.16. The molecular weight excluding hydrogens is 366 g/mol. The molecule has 1 aromatic heterocycles. The number of aromatic nitrogens is 1. The summed E-state index contributed by atoms with van der Waals surface area (Å²) in [7, 11) is -2.12. The molecule has 138 valence electrons. The third kappa shape index (κ3) is 4.62. The highest BCUT2D eigenvalue weighted by atomic mass is 32.2. The molecule has 0 aliphatic rings. The van der Waals surface area contributed by atoms with Crippen LogP contribution in [0.3, 0.4) is 0 Å². The summed E-state index contributed by atoms with van der Waals surface area (Å²) in [6.45, 7) is 0. The first-order valence-corrected chi connectivity index (χ1v) is 9.48. The Morgan fingerprint density at radius 2 is 1.59 bits per heavy atom. The summed E-state index contributed by atoms with van der Waals surface area (Å²) in [4.78, 5) is 17.6. The van der Waals surface area contributed by atoms with Gasteiger partial charge < -0.3 is 4.74 Å². The zero-order valence-corrected chi connectivity index (χ0v) is 15.3. The van der Waals surface area contributed by atoms with Crippen LogP contribution in [-0.2, 0) is 10.0 Å². The maximum absolute atomic E-state index is 12.3. The first-order valence-electron chi connectivity index (χ1n) is 8.00. The quantitative estimate of drug-likeness (QED) is 0.728. The fourth-order valence-electron chi connectivity index (χ4n) is 2.23. The van der Waals surface area contributed by atoms with Gasteiger partial charge in [0.25, 0.3) is 10.0 Å². The van der Waals surface area contributed by atoms with Crippen molar-refractivity contribution in [1.29, 1.82) is 0 Å². The number of carbonyl (C=O) groups excluding carboxylic acids is 1. The average molecular weight is 383 g/mol. The molecule has 2 aromatic carbocycles. The molecule has 0 fully saturated rings. The summed E-state index contributed by atoms with van der Waals surface area (Å²) in [6.07, 6.45) is 0.678. The van der Waals surface area contributed by atoms with Crippen molar-refractivity contribution in [2.75, 3.05) is 16.7 Å². The number of amides is 1. The predicted octanol–water partition coefficient (Wildman–Crippen LogP) is 3.52. The normalized spacial score (nSPS) is 10.9. The van der Waals surface area contributed by atoms with Gasteiger partial charge in [0.2, 0.25) is 5.88 Å². The van der Waals surface area contributed by atoms with E-state index in [2.05, 4.69) is 9.71 Å². The predicted molar refractivity (Wildman–Crippen MR) is 102 cm³/mol. The number of carbonyl (C=O) groups is 1. The standard InChI is InChI=1S/C19H17N3O4S/c1-22(16-8-4-2-5-9-16)19(23)26-18-13-12-15(14-20-18)21-27(24,25)17-10-6-3-7-11-17/h2-14,21H,1H3. The SMILES string of the molecule is CN(C(=O)Oc1ccc(NS(=O)(=O)c2ccccc2)cn1)c1ccccc1. The number of para-hydroxylation sites is 1. The van der Waals surface area contributed by atoms with Crippen molar-refractivity contribution in [2.45, 2.75) is 4.90 Å². The van der Waals surface area contributed by atoms with Gasteiger partial charge in [-0.05, 0) is 30.3 Å². The van der Waals surface area contributed by atoms with Gasteiger partial charge in [-0.25, -0.2) is 18.2 Å². The van der Waals surface area contributed by atoms with Crippen LogP contribution in [0.2, 0.25) is 0 Å². The van der Waals surface area contributed by atoms with Gasteiger partial charge in [-0.15, -0.1) is 0 Å². The van der Waals surface area contributed by atoms with E-state index in [9.17, 15) is 13.2 Å². The summed E-state index contributed by atoms with van der Waals surface area (Å²) < 4.78 is 32.2. The number of rotatable bonds is 5.